The molecule has 0 spiro atoms. The normalized spacial score (nSPS) is 21.8. The van der Waals surface area contributed by atoms with Crippen LogP contribution in [0.25, 0.3) is 44.6 Å². The van der Waals surface area contributed by atoms with E-state index in [1.807, 2.05) is 36.3 Å². The van der Waals surface area contributed by atoms with Crippen LogP contribution in [0, 0.1) is 11.8 Å². The lowest BCUT2D eigenvalue weighted by Gasteiger charge is -2.27. The Kier molecular flexibility index (Phi) is 5.51. The van der Waals surface area contributed by atoms with E-state index < -0.39 is 0 Å². The Labute approximate surface area is 238 Å². The first kappa shape index (κ1) is 24.6. The van der Waals surface area contributed by atoms with Gasteiger partial charge in [-0.05, 0) is 73.4 Å². The van der Waals surface area contributed by atoms with E-state index in [2.05, 4.69) is 44.5 Å². The van der Waals surface area contributed by atoms with Crippen LogP contribution in [0.3, 0.4) is 0 Å². The Morgan fingerprint density at radius 3 is 2.66 bits per heavy atom. The number of carbonyl (C=O) groups is 1. The lowest BCUT2D eigenvalue weighted by Crippen LogP contribution is -2.41. The van der Waals surface area contributed by atoms with Crippen LogP contribution in [0.15, 0.2) is 60.9 Å². The summed E-state index contributed by atoms with van der Waals surface area (Å²) in [5.41, 5.74) is 13.2. The average molecular weight is 547 g/mol. The number of nitrogens with two attached hydrogens (primary N) is 1. The minimum Gasteiger partial charge on any atom is -0.494 e. The van der Waals surface area contributed by atoms with Crippen LogP contribution < -0.4 is 10.5 Å². The second-order valence-electron chi connectivity index (χ2n) is 12.1. The summed E-state index contributed by atoms with van der Waals surface area (Å²) in [4.78, 5) is 25.1. The number of ether oxygens (including phenoxy) is 1. The van der Waals surface area contributed by atoms with Crippen LogP contribution in [0.1, 0.15) is 36.0 Å². The van der Waals surface area contributed by atoms with Crippen molar-refractivity contribution < 1.29 is 9.53 Å². The maximum atomic E-state index is 13.7. The molecular formula is C33H34N6O2. The molecule has 208 valence electrons. The molecule has 8 heteroatoms. The molecule has 4 heterocycles. The third-order valence-electron chi connectivity index (χ3n) is 9.58. The summed E-state index contributed by atoms with van der Waals surface area (Å²) in [7, 11) is 3.70. The molecule has 2 N–H and O–H groups in total. The number of likely N-dealkylation sites (tertiary alicyclic amines) is 1. The van der Waals surface area contributed by atoms with E-state index in [9.17, 15) is 4.79 Å². The number of aryl methyl sites for hydroxylation is 1. The summed E-state index contributed by atoms with van der Waals surface area (Å²) >= 11 is 0. The van der Waals surface area contributed by atoms with Crippen LogP contribution >= 0.6 is 0 Å². The van der Waals surface area contributed by atoms with Crippen molar-refractivity contribution in [1.82, 2.24) is 24.0 Å². The number of hydrogen-bond acceptors (Lipinski definition) is 5. The number of piperidine rings is 1. The van der Waals surface area contributed by atoms with Crippen molar-refractivity contribution in [2.24, 2.45) is 24.6 Å². The van der Waals surface area contributed by atoms with Gasteiger partial charge in [0, 0.05) is 66.6 Å². The highest BCUT2D eigenvalue weighted by Gasteiger charge is 2.47. The first-order chi connectivity index (χ1) is 20.0. The zero-order valence-electron chi connectivity index (χ0n) is 23.5. The Balaban J connectivity index is 1.25. The van der Waals surface area contributed by atoms with Gasteiger partial charge < -0.3 is 24.5 Å². The second-order valence-corrected chi connectivity index (χ2v) is 12.1. The van der Waals surface area contributed by atoms with Gasteiger partial charge in [-0.3, -0.25) is 9.78 Å². The van der Waals surface area contributed by atoms with E-state index in [-0.39, 0.29) is 18.0 Å². The molecule has 1 aliphatic heterocycles. The van der Waals surface area contributed by atoms with E-state index in [0.717, 1.165) is 59.6 Å². The van der Waals surface area contributed by atoms with E-state index in [0.29, 0.717) is 23.1 Å². The molecule has 3 fully saturated rings. The zero-order valence-corrected chi connectivity index (χ0v) is 23.5. The minimum atomic E-state index is 0.0193. The van der Waals surface area contributed by atoms with Crippen molar-refractivity contribution in [2.45, 2.75) is 44.3 Å². The fourth-order valence-electron chi connectivity index (χ4n) is 7.17. The van der Waals surface area contributed by atoms with E-state index >= 15 is 0 Å². The molecule has 1 amide bonds. The molecule has 8 nitrogen and oxygen atoms in total. The van der Waals surface area contributed by atoms with E-state index in [1.54, 1.807) is 13.3 Å². The number of aromatic nitrogens is 4. The van der Waals surface area contributed by atoms with Crippen LogP contribution in [-0.4, -0.2) is 55.6 Å². The topological polar surface area (TPSA) is 91.2 Å². The van der Waals surface area contributed by atoms with Crippen molar-refractivity contribution in [1.29, 1.82) is 0 Å². The summed E-state index contributed by atoms with van der Waals surface area (Å²) in [5, 5.41) is 1.18. The number of hydrogen-bond donors (Lipinski definition) is 1. The first-order valence-corrected chi connectivity index (χ1v) is 14.6. The van der Waals surface area contributed by atoms with E-state index in [4.69, 9.17) is 15.5 Å². The van der Waals surface area contributed by atoms with Crippen LogP contribution in [0.4, 0.5) is 0 Å². The summed E-state index contributed by atoms with van der Waals surface area (Å²) < 4.78 is 10.4. The largest absolute Gasteiger partial charge is 0.494 e. The summed E-state index contributed by atoms with van der Waals surface area (Å²) in [6.45, 7) is 1.69. The molecule has 8 rings (SSSR count). The predicted molar refractivity (Wildman–Crippen MR) is 160 cm³/mol. The monoisotopic (exact) mass is 546 g/mol. The molecule has 3 atom stereocenters. The molecule has 2 bridgehead atoms. The molecule has 3 aliphatic rings. The Hall–Kier alpha value is -4.17. The fraction of sp³-hybridized carbons (Fsp3) is 0.364. The molecule has 2 aliphatic carbocycles. The number of pyridine rings is 1. The smallest absolute Gasteiger partial charge is 0.254 e. The van der Waals surface area contributed by atoms with Crippen molar-refractivity contribution in [3.05, 3.63) is 66.5 Å². The lowest BCUT2D eigenvalue weighted by molar-refractivity contribution is 0.0700. The van der Waals surface area contributed by atoms with Gasteiger partial charge in [-0.15, -0.1) is 0 Å². The summed E-state index contributed by atoms with van der Waals surface area (Å²) in [6, 6.07) is 16.9. The number of nitrogens with zero attached hydrogens (tertiary/aromatic N) is 5. The number of benzene rings is 2. The fourth-order valence-corrected chi connectivity index (χ4v) is 7.17. The van der Waals surface area contributed by atoms with Gasteiger partial charge in [0.15, 0.2) is 5.82 Å². The first-order valence-electron chi connectivity index (χ1n) is 14.6. The molecule has 0 radical (unpaired) electrons. The number of amides is 1. The molecule has 2 aromatic carbocycles. The summed E-state index contributed by atoms with van der Waals surface area (Å²) in [5.74, 6) is 2.63. The third-order valence-corrected chi connectivity index (χ3v) is 9.58. The molecule has 5 aromatic rings. The van der Waals surface area contributed by atoms with E-state index in [1.165, 1.54) is 23.7 Å². The number of methoxy groups -OCH3 is 1. The minimum absolute atomic E-state index is 0.0193. The Morgan fingerprint density at radius 1 is 1.07 bits per heavy atom. The van der Waals surface area contributed by atoms with Gasteiger partial charge in [0.25, 0.3) is 5.91 Å². The summed E-state index contributed by atoms with van der Waals surface area (Å²) in [6.07, 6.45) is 8.32. The Bertz CT molecular complexity index is 1820. The average Bonchev–Trinajstić information content (AvgIpc) is 3.41. The van der Waals surface area contributed by atoms with Crippen LogP contribution in [0.2, 0.25) is 0 Å². The Morgan fingerprint density at radius 2 is 1.95 bits per heavy atom. The maximum Gasteiger partial charge on any atom is 0.254 e. The van der Waals surface area contributed by atoms with Crippen molar-refractivity contribution >= 4 is 27.8 Å². The van der Waals surface area contributed by atoms with Gasteiger partial charge in [-0.1, -0.05) is 18.2 Å². The highest BCUT2D eigenvalue weighted by molar-refractivity contribution is 6.00. The molecule has 41 heavy (non-hydrogen) atoms. The van der Waals surface area contributed by atoms with Gasteiger partial charge in [0.05, 0.1) is 18.3 Å². The van der Waals surface area contributed by atoms with Crippen LogP contribution in [-0.2, 0) is 13.6 Å². The van der Waals surface area contributed by atoms with Crippen molar-refractivity contribution in [3.8, 4) is 28.4 Å². The quantitative estimate of drug-likeness (QED) is 0.315. The highest BCUT2D eigenvalue weighted by atomic mass is 16.5. The molecule has 1 saturated heterocycles. The maximum absolute atomic E-state index is 13.7. The van der Waals surface area contributed by atoms with Crippen molar-refractivity contribution in [2.75, 3.05) is 13.7 Å². The zero-order chi connectivity index (χ0) is 27.8. The van der Waals surface area contributed by atoms with Gasteiger partial charge in [0.2, 0.25) is 0 Å². The number of rotatable bonds is 6. The van der Waals surface area contributed by atoms with Crippen molar-refractivity contribution in [3.63, 3.8) is 0 Å². The number of carbonyl (C=O) groups excluding carboxylic acids is 1. The lowest BCUT2D eigenvalue weighted by atomic mass is 10.1. The number of imidazole rings is 1. The standard InChI is InChI=1S/C33H34N6O2/c1-37-31-25(12-24(15-29(31)41-2)33(40)39-18-23-9-10-26(39)30(23)34)36-32(37)28-14-21-8-7-20(22-4-3-11-35-16-22)13-27(21)38(28)17-19-5-6-19/h3-4,7-8,11-16,19,23,26,30H,5-6,9-10,17-18,34H2,1-2H3. The molecular weight excluding hydrogens is 512 g/mol. The van der Waals surface area contributed by atoms with Gasteiger partial charge in [-0.2, -0.15) is 0 Å². The third kappa shape index (κ3) is 3.88. The van der Waals surface area contributed by atoms with Gasteiger partial charge in [0.1, 0.15) is 11.3 Å². The van der Waals surface area contributed by atoms with Gasteiger partial charge >= 0.3 is 0 Å². The van der Waals surface area contributed by atoms with Gasteiger partial charge in [-0.25, -0.2) is 4.98 Å². The van der Waals surface area contributed by atoms with Crippen LogP contribution in [0.5, 0.6) is 5.75 Å². The second kappa shape index (κ2) is 9.17. The number of fused-ring (bicyclic) bond motifs is 4. The highest BCUT2D eigenvalue weighted by Crippen LogP contribution is 2.40. The molecule has 2 saturated carbocycles. The molecule has 3 aromatic heterocycles. The molecule has 3 unspecified atom stereocenters. The predicted octanol–water partition coefficient (Wildman–Crippen LogP) is 5.24. The SMILES string of the molecule is COc1cc(C(=O)N2CC3CCC2C3N)cc2nc(-c3cc4ccc(-c5cccnc5)cc4n3CC3CC3)n(C)c12.